The Morgan fingerprint density at radius 2 is 1.70 bits per heavy atom. The van der Waals surface area contributed by atoms with Crippen LogP contribution in [-0.2, 0) is 25.5 Å². The molecule has 0 unspecified atom stereocenters. The Labute approximate surface area is 137 Å². The fourth-order valence-corrected chi connectivity index (χ4v) is 2.11. The molecule has 0 aliphatic carbocycles. The molecule has 0 aromatic heterocycles. The van der Waals surface area contributed by atoms with Gasteiger partial charge in [-0.15, -0.1) is 6.58 Å². The molecule has 0 saturated heterocycles. The fourth-order valence-electron chi connectivity index (χ4n) is 2.11. The lowest BCUT2D eigenvalue weighted by atomic mass is 9.99. The number of hydrogen-bond acceptors (Lipinski definition) is 5. The summed E-state index contributed by atoms with van der Waals surface area (Å²) in [4.78, 5) is 23.8. The van der Waals surface area contributed by atoms with Gasteiger partial charge in [-0.05, 0) is 44.4 Å². The first-order chi connectivity index (χ1) is 11.1. The Bertz CT molecular complexity index is 492. The summed E-state index contributed by atoms with van der Waals surface area (Å²) in [5, 5.41) is 3.19. The Hall–Kier alpha value is -2.30. The Morgan fingerprint density at radius 1 is 1.13 bits per heavy atom. The molecule has 0 bridgehead atoms. The third kappa shape index (κ3) is 6.55. The zero-order chi connectivity index (χ0) is 17.1. The van der Waals surface area contributed by atoms with Gasteiger partial charge in [0.25, 0.3) is 0 Å². The standard InChI is InChI=1S/C18H25NO4/c1-4-13-19-15-10-7-14(8-11-15)9-12-16(17(20)22-5-2)18(21)23-6-3/h4,7-8,10-11,16,19H,1,5-6,9,12-13H2,2-3H3. The number of hydrogen-bond donors (Lipinski definition) is 1. The third-order valence-corrected chi connectivity index (χ3v) is 3.27. The average molecular weight is 319 g/mol. The van der Waals surface area contributed by atoms with Crippen molar-refractivity contribution in [2.45, 2.75) is 26.7 Å². The summed E-state index contributed by atoms with van der Waals surface area (Å²) in [7, 11) is 0. The van der Waals surface area contributed by atoms with Gasteiger partial charge in [0.05, 0.1) is 13.2 Å². The molecule has 0 atom stereocenters. The van der Waals surface area contributed by atoms with Gasteiger partial charge in [0.2, 0.25) is 0 Å². The van der Waals surface area contributed by atoms with Crippen LogP contribution in [0.15, 0.2) is 36.9 Å². The predicted molar refractivity (Wildman–Crippen MR) is 90.2 cm³/mol. The summed E-state index contributed by atoms with van der Waals surface area (Å²) in [5.41, 5.74) is 2.05. The first-order valence-corrected chi connectivity index (χ1v) is 7.89. The van der Waals surface area contributed by atoms with E-state index in [1.54, 1.807) is 19.9 Å². The maximum Gasteiger partial charge on any atom is 0.320 e. The molecule has 0 radical (unpaired) electrons. The van der Waals surface area contributed by atoms with Crippen molar-refractivity contribution in [3.05, 3.63) is 42.5 Å². The topological polar surface area (TPSA) is 64.6 Å². The van der Waals surface area contributed by atoms with Crippen LogP contribution in [0.3, 0.4) is 0 Å². The lowest BCUT2D eigenvalue weighted by Gasteiger charge is -2.14. The lowest BCUT2D eigenvalue weighted by molar-refractivity contribution is -0.161. The van der Waals surface area contributed by atoms with Crippen molar-refractivity contribution in [1.29, 1.82) is 0 Å². The smallest absolute Gasteiger partial charge is 0.320 e. The van der Waals surface area contributed by atoms with Crippen LogP contribution in [0.4, 0.5) is 5.69 Å². The number of aryl methyl sites for hydroxylation is 1. The second-order valence-corrected chi connectivity index (χ2v) is 4.96. The number of esters is 2. The first kappa shape index (κ1) is 18.7. The van der Waals surface area contributed by atoms with Crippen LogP contribution in [0.5, 0.6) is 0 Å². The zero-order valence-corrected chi connectivity index (χ0v) is 13.8. The Morgan fingerprint density at radius 3 is 2.17 bits per heavy atom. The van der Waals surface area contributed by atoms with Crippen LogP contribution in [0, 0.1) is 5.92 Å². The maximum atomic E-state index is 11.9. The van der Waals surface area contributed by atoms with E-state index in [1.165, 1.54) is 0 Å². The van der Waals surface area contributed by atoms with Gasteiger partial charge in [-0.25, -0.2) is 0 Å². The minimum absolute atomic E-state index is 0.248. The van der Waals surface area contributed by atoms with Crippen molar-refractivity contribution < 1.29 is 19.1 Å². The van der Waals surface area contributed by atoms with Crippen LogP contribution < -0.4 is 5.32 Å². The Kier molecular flexibility index (Phi) is 8.50. The van der Waals surface area contributed by atoms with Crippen molar-refractivity contribution in [2.24, 2.45) is 5.92 Å². The van der Waals surface area contributed by atoms with Gasteiger partial charge in [-0.1, -0.05) is 18.2 Å². The van der Waals surface area contributed by atoms with Crippen LogP contribution in [0.2, 0.25) is 0 Å². The zero-order valence-electron chi connectivity index (χ0n) is 13.8. The molecule has 1 N–H and O–H groups in total. The fraction of sp³-hybridized carbons (Fsp3) is 0.444. The molecule has 0 fully saturated rings. The minimum atomic E-state index is -0.867. The molecule has 0 heterocycles. The molecule has 0 saturated carbocycles. The summed E-state index contributed by atoms with van der Waals surface area (Å²) in [6.45, 7) is 8.29. The van der Waals surface area contributed by atoms with E-state index in [2.05, 4.69) is 11.9 Å². The second-order valence-electron chi connectivity index (χ2n) is 4.96. The summed E-state index contributed by atoms with van der Waals surface area (Å²) in [6.07, 6.45) is 2.76. The summed E-state index contributed by atoms with van der Waals surface area (Å²) in [6, 6.07) is 7.86. The van der Waals surface area contributed by atoms with E-state index in [9.17, 15) is 9.59 Å². The Balaban J connectivity index is 2.64. The highest BCUT2D eigenvalue weighted by atomic mass is 16.6. The second kappa shape index (κ2) is 10.4. The van der Waals surface area contributed by atoms with E-state index in [0.29, 0.717) is 19.4 Å². The minimum Gasteiger partial charge on any atom is -0.465 e. The van der Waals surface area contributed by atoms with Crippen molar-refractivity contribution in [3.63, 3.8) is 0 Å². The molecule has 23 heavy (non-hydrogen) atoms. The summed E-state index contributed by atoms with van der Waals surface area (Å²) >= 11 is 0. The molecule has 0 amide bonds. The number of ether oxygens (including phenoxy) is 2. The van der Waals surface area contributed by atoms with Gasteiger partial charge >= 0.3 is 11.9 Å². The molecule has 5 nitrogen and oxygen atoms in total. The SMILES string of the molecule is C=CCNc1ccc(CCC(C(=O)OCC)C(=O)OCC)cc1. The number of anilines is 1. The van der Waals surface area contributed by atoms with E-state index in [0.717, 1.165) is 11.3 Å². The lowest BCUT2D eigenvalue weighted by Crippen LogP contribution is -2.28. The molecule has 0 aliphatic rings. The number of benzene rings is 1. The van der Waals surface area contributed by atoms with Gasteiger partial charge in [0, 0.05) is 12.2 Å². The predicted octanol–water partition coefficient (Wildman–Crippen LogP) is 2.96. The van der Waals surface area contributed by atoms with Crippen molar-refractivity contribution in [1.82, 2.24) is 0 Å². The normalized spacial score (nSPS) is 10.2. The highest BCUT2D eigenvalue weighted by Gasteiger charge is 2.29. The van der Waals surface area contributed by atoms with Crippen LogP contribution in [0.1, 0.15) is 25.8 Å². The van der Waals surface area contributed by atoms with Crippen LogP contribution in [-0.4, -0.2) is 31.7 Å². The van der Waals surface area contributed by atoms with Gasteiger partial charge in [-0.2, -0.15) is 0 Å². The van der Waals surface area contributed by atoms with E-state index in [1.807, 2.05) is 24.3 Å². The molecule has 1 rings (SSSR count). The molecule has 0 spiro atoms. The van der Waals surface area contributed by atoms with Gasteiger partial charge in [0.1, 0.15) is 0 Å². The molecular formula is C18H25NO4. The molecule has 0 aliphatic heterocycles. The quantitative estimate of drug-likeness (QED) is 0.408. The number of carbonyl (C=O) groups is 2. The van der Waals surface area contributed by atoms with Gasteiger partial charge in [0.15, 0.2) is 5.92 Å². The molecule has 1 aromatic carbocycles. The van der Waals surface area contributed by atoms with E-state index in [-0.39, 0.29) is 13.2 Å². The average Bonchev–Trinajstić information content (AvgIpc) is 2.55. The number of carbonyl (C=O) groups excluding carboxylic acids is 2. The maximum absolute atomic E-state index is 11.9. The van der Waals surface area contributed by atoms with E-state index < -0.39 is 17.9 Å². The number of nitrogens with one attached hydrogen (secondary N) is 1. The van der Waals surface area contributed by atoms with Crippen LogP contribution in [0.25, 0.3) is 0 Å². The largest absolute Gasteiger partial charge is 0.465 e. The molecule has 5 heteroatoms. The third-order valence-electron chi connectivity index (χ3n) is 3.27. The van der Waals surface area contributed by atoms with Crippen LogP contribution >= 0.6 is 0 Å². The molecule has 1 aromatic rings. The monoisotopic (exact) mass is 319 g/mol. The molecule has 126 valence electrons. The van der Waals surface area contributed by atoms with Gasteiger partial charge < -0.3 is 14.8 Å². The molecular weight excluding hydrogens is 294 g/mol. The van der Waals surface area contributed by atoms with E-state index in [4.69, 9.17) is 9.47 Å². The van der Waals surface area contributed by atoms with Crippen molar-refractivity contribution in [2.75, 3.05) is 25.1 Å². The van der Waals surface area contributed by atoms with Crippen molar-refractivity contribution in [3.8, 4) is 0 Å². The van der Waals surface area contributed by atoms with Gasteiger partial charge in [-0.3, -0.25) is 9.59 Å². The number of rotatable bonds is 10. The van der Waals surface area contributed by atoms with Crippen molar-refractivity contribution >= 4 is 17.6 Å². The summed E-state index contributed by atoms with van der Waals surface area (Å²) in [5.74, 6) is -1.90. The van der Waals surface area contributed by atoms with E-state index >= 15 is 0 Å². The summed E-state index contributed by atoms with van der Waals surface area (Å²) < 4.78 is 9.93. The highest BCUT2D eigenvalue weighted by Crippen LogP contribution is 2.16. The first-order valence-electron chi connectivity index (χ1n) is 7.89. The highest BCUT2D eigenvalue weighted by molar-refractivity contribution is 5.94.